The molecule has 7 nitrogen and oxygen atoms in total. The summed E-state index contributed by atoms with van der Waals surface area (Å²) in [4.78, 5) is 13.1. The van der Waals surface area contributed by atoms with Crippen LogP contribution in [0, 0.1) is 0 Å². The molecule has 2 fully saturated rings. The first kappa shape index (κ1) is 26.2. The van der Waals surface area contributed by atoms with Gasteiger partial charge in [0.15, 0.2) is 0 Å². The summed E-state index contributed by atoms with van der Waals surface area (Å²) in [6.45, 7) is 11.3. The van der Waals surface area contributed by atoms with E-state index in [1.165, 1.54) is 33.1 Å². The molecule has 7 heteroatoms. The number of pyridine rings is 1. The van der Waals surface area contributed by atoms with Gasteiger partial charge in [0, 0.05) is 63.1 Å². The highest BCUT2D eigenvalue weighted by Crippen LogP contribution is 2.41. The molecule has 1 N–H and O–H groups in total. The van der Waals surface area contributed by atoms with E-state index < -0.39 is 0 Å². The lowest BCUT2D eigenvalue weighted by molar-refractivity contribution is 0.0376. The Labute approximate surface area is 237 Å². The maximum absolute atomic E-state index is 9.82. The molecule has 7 rings (SSSR count). The van der Waals surface area contributed by atoms with Crippen molar-refractivity contribution in [2.45, 2.75) is 51.2 Å². The summed E-state index contributed by atoms with van der Waals surface area (Å²) in [6, 6.07) is 15.9. The smallest absolute Gasteiger partial charge is 0.0988 e. The third-order valence-corrected chi connectivity index (χ3v) is 9.35. The van der Waals surface area contributed by atoms with Gasteiger partial charge in [0.2, 0.25) is 0 Å². The van der Waals surface area contributed by atoms with Crippen LogP contribution in [-0.2, 0) is 17.7 Å². The molecule has 2 aromatic heterocycles. The van der Waals surface area contributed by atoms with Crippen LogP contribution in [0.2, 0.25) is 0 Å². The average molecular weight is 542 g/mol. The zero-order valence-electron chi connectivity index (χ0n) is 23.7. The number of aryl methyl sites for hydroxylation is 2. The van der Waals surface area contributed by atoms with E-state index in [0.29, 0.717) is 0 Å². The van der Waals surface area contributed by atoms with Gasteiger partial charge in [-0.15, -0.1) is 0 Å². The number of ether oxygens (including phenoxy) is 1. The summed E-state index contributed by atoms with van der Waals surface area (Å²) in [6.07, 6.45) is 6.24. The molecule has 0 unspecified atom stereocenters. The zero-order valence-corrected chi connectivity index (χ0v) is 23.7. The Hall–Kier alpha value is -2.71. The number of aliphatic hydroxyl groups is 1. The van der Waals surface area contributed by atoms with E-state index in [4.69, 9.17) is 9.72 Å². The van der Waals surface area contributed by atoms with Gasteiger partial charge in [-0.1, -0.05) is 30.3 Å². The van der Waals surface area contributed by atoms with Crippen molar-refractivity contribution in [2.24, 2.45) is 0 Å². The minimum absolute atomic E-state index is 0.102. The highest BCUT2D eigenvalue weighted by molar-refractivity contribution is 6.16. The first-order valence-corrected chi connectivity index (χ1v) is 15.5. The fraction of sp³-hybridized carbons (Fsp3) is 0.545. The van der Waals surface area contributed by atoms with E-state index in [9.17, 15) is 5.11 Å². The molecular formula is C33H43N5O2. The van der Waals surface area contributed by atoms with Crippen LogP contribution in [0.15, 0.2) is 42.5 Å². The summed E-state index contributed by atoms with van der Waals surface area (Å²) in [5.41, 5.74) is 7.67. The van der Waals surface area contributed by atoms with Crippen LogP contribution >= 0.6 is 0 Å². The number of hydrogen-bond donors (Lipinski definition) is 1. The third-order valence-electron chi connectivity index (χ3n) is 9.35. The lowest BCUT2D eigenvalue weighted by Crippen LogP contribution is -2.38. The number of rotatable bonds is 8. The van der Waals surface area contributed by atoms with Gasteiger partial charge in [-0.2, -0.15) is 0 Å². The SMILES string of the molecule is OC1CCN(CCCc2ccc3c4c5c(nc3c2)c2ccccc2n5CCCN4CCCN2CCOCC2)CC1. The van der Waals surface area contributed by atoms with E-state index in [0.717, 1.165) is 122 Å². The molecular weight excluding hydrogens is 498 g/mol. The molecule has 4 aromatic rings. The molecule has 40 heavy (non-hydrogen) atoms. The summed E-state index contributed by atoms with van der Waals surface area (Å²) >= 11 is 0. The lowest BCUT2D eigenvalue weighted by atomic mass is 10.0. The van der Waals surface area contributed by atoms with Crippen LogP contribution in [0.3, 0.4) is 0 Å². The molecule has 3 aliphatic heterocycles. The molecule has 0 bridgehead atoms. The van der Waals surface area contributed by atoms with Crippen molar-refractivity contribution >= 4 is 38.5 Å². The molecule has 5 heterocycles. The van der Waals surface area contributed by atoms with Crippen molar-refractivity contribution in [3.05, 3.63) is 48.0 Å². The summed E-state index contributed by atoms with van der Waals surface area (Å²) < 4.78 is 8.10. The standard InChI is InChI=1S/C33H43N5O2/c39-26-11-18-35(19-12-26)13-3-6-25-9-10-27-29(24-25)34-31-28-7-1-2-8-30(28)38-17-5-16-37(32(27)33(31)38)15-4-14-36-20-22-40-23-21-36/h1-2,7-10,24,26,39H,3-6,11-23H2. The Morgan fingerprint density at radius 3 is 2.50 bits per heavy atom. The number of aromatic nitrogens is 2. The molecule has 0 aliphatic carbocycles. The summed E-state index contributed by atoms with van der Waals surface area (Å²) in [7, 11) is 0. The fourth-order valence-corrected chi connectivity index (χ4v) is 7.18. The predicted molar refractivity (Wildman–Crippen MR) is 163 cm³/mol. The largest absolute Gasteiger partial charge is 0.393 e. The van der Waals surface area contributed by atoms with E-state index in [-0.39, 0.29) is 6.10 Å². The highest BCUT2D eigenvalue weighted by Gasteiger charge is 2.25. The first-order chi connectivity index (χ1) is 19.7. The van der Waals surface area contributed by atoms with Gasteiger partial charge in [-0.05, 0) is 62.8 Å². The molecule has 0 atom stereocenters. The Kier molecular flexibility index (Phi) is 7.63. The number of piperidine rings is 1. The van der Waals surface area contributed by atoms with Crippen LogP contribution in [-0.4, -0.2) is 96.1 Å². The molecule has 2 aromatic carbocycles. The number of anilines is 1. The molecule has 212 valence electrons. The van der Waals surface area contributed by atoms with Gasteiger partial charge in [0.1, 0.15) is 0 Å². The molecule has 2 saturated heterocycles. The second-order valence-electron chi connectivity index (χ2n) is 12.0. The van der Waals surface area contributed by atoms with Gasteiger partial charge in [0.05, 0.1) is 47.1 Å². The molecule has 3 aliphatic rings. The Morgan fingerprint density at radius 1 is 0.825 bits per heavy atom. The van der Waals surface area contributed by atoms with E-state index in [1.807, 2.05) is 0 Å². The van der Waals surface area contributed by atoms with Gasteiger partial charge in [-0.25, -0.2) is 4.98 Å². The van der Waals surface area contributed by atoms with Crippen molar-refractivity contribution in [3.8, 4) is 0 Å². The van der Waals surface area contributed by atoms with Crippen molar-refractivity contribution in [2.75, 3.05) is 70.5 Å². The van der Waals surface area contributed by atoms with Gasteiger partial charge >= 0.3 is 0 Å². The maximum Gasteiger partial charge on any atom is 0.0988 e. The Morgan fingerprint density at radius 2 is 1.62 bits per heavy atom. The van der Waals surface area contributed by atoms with Crippen molar-refractivity contribution in [3.63, 3.8) is 0 Å². The molecule has 0 spiro atoms. The number of benzene rings is 2. The van der Waals surface area contributed by atoms with Crippen LogP contribution in [0.25, 0.3) is 32.8 Å². The lowest BCUT2D eigenvalue weighted by Gasteiger charge is -2.29. The number of aliphatic hydroxyl groups excluding tert-OH is 1. The monoisotopic (exact) mass is 541 g/mol. The van der Waals surface area contributed by atoms with Gasteiger partial charge in [-0.3, -0.25) is 4.90 Å². The van der Waals surface area contributed by atoms with E-state index in [1.54, 1.807) is 0 Å². The quantitative estimate of drug-likeness (QED) is 0.350. The maximum atomic E-state index is 9.82. The topological polar surface area (TPSA) is 57.0 Å². The van der Waals surface area contributed by atoms with Crippen LogP contribution in [0.4, 0.5) is 5.69 Å². The summed E-state index contributed by atoms with van der Waals surface area (Å²) in [5.74, 6) is 0. The molecule has 0 saturated carbocycles. The van der Waals surface area contributed by atoms with E-state index in [2.05, 4.69) is 61.7 Å². The van der Waals surface area contributed by atoms with Gasteiger partial charge < -0.3 is 24.2 Å². The third kappa shape index (κ3) is 5.20. The van der Waals surface area contributed by atoms with Crippen LogP contribution in [0.5, 0.6) is 0 Å². The van der Waals surface area contributed by atoms with Crippen molar-refractivity contribution in [1.29, 1.82) is 0 Å². The first-order valence-electron chi connectivity index (χ1n) is 15.5. The zero-order chi connectivity index (χ0) is 26.9. The second-order valence-corrected chi connectivity index (χ2v) is 12.0. The van der Waals surface area contributed by atoms with Crippen LogP contribution < -0.4 is 4.90 Å². The fourth-order valence-electron chi connectivity index (χ4n) is 7.18. The predicted octanol–water partition coefficient (Wildman–Crippen LogP) is 4.66. The van der Waals surface area contributed by atoms with Gasteiger partial charge in [0.25, 0.3) is 0 Å². The number of fused-ring (bicyclic) bond motifs is 5. The second kappa shape index (κ2) is 11.6. The molecule has 0 amide bonds. The minimum Gasteiger partial charge on any atom is -0.393 e. The van der Waals surface area contributed by atoms with E-state index >= 15 is 0 Å². The minimum atomic E-state index is -0.102. The highest BCUT2D eigenvalue weighted by atomic mass is 16.5. The number of para-hydroxylation sites is 1. The average Bonchev–Trinajstić information content (AvgIpc) is 3.16. The molecule has 0 radical (unpaired) electrons. The number of likely N-dealkylation sites (tertiary alicyclic amines) is 1. The number of morpholine rings is 1. The normalized spacial score (nSPS) is 19.7. The van der Waals surface area contributed by atoms with Crippen molar-refractivity contribution < 1.29 is 9.84 Å². The van der Waals surface area contributed by atoms with Crippen molar-refractivity contribution in [1.82, 2.24) is 19.4 Å². The number of hydrogen-bond acceptors (Lipinski definition) is 6. The summed E-state index contributed by atoms with van der Waals surface area (Å²) in [5, 5.41) is 12.4. The number of nitrogens with zero attached hydrogens (tertiary/aromatic N) is 5. The Bertz CT molecular complexity index is 1470. The van der Waals surface area contributed by atoms with Crippen LogP contribution in [0.1, 0.15) is 37.7 Å². The Balaban J connectivity index is 1.20.